The van der Waals surface area contributed by atoms with Gasteiger partial charge in [-0.2, -0.15) is 0 Å². The van der Waals surface area contributed by atoms with Crippen LogP contribution in [0.5, 0.6) is 0 Å². The second-order valence-electron chi connectivity index (χ2n) is 3.26. The lowest BCUT2D eigenvalue weighted by atomic mass is 10.2. The highest BCUT2D eigenvalue weighted by atomic mass is 14.8. The minimum absolute atomic E-state index is 1.19. The van der Waals surface area contributed by atoms with Crippen molar-refractivity contribution in [1.29, 1.82) is 0 Å². The maximum Gasteiger partial charge on any atom is -0.00358 e. The van der Waals surface area contributed by atoms with Gasteiger partial charge in [0.25, 0.3) is 0 Å². The first-order chi connectivity index (χ1) is 6.41. The van der Waals surface area contributed by atoms with Crippen molar-refractivity contribution < 1.29 is 0 Å². The van der Waals surface area contributed by atoms with E-state index in [2.05, 4.69) is 31.3 Å². The number of rotatable bonds is 8. The van der Waals surface area contributed by atoms with Crippen LogP contribution in [0, 0.1) is 0 Å². The third-order valence-electron chi connectivity index (χ3n) is 1.88. The fourth-order valence-corrected chi connectivity index (χ4v) is 1.00. The number of unbranched alkanes of at least 4 members (excludes halogenated alkanes) is 4. The van der Waals surface area contributed by atoms with E-state index in [0.717, 1.165) is 0 Å². The summed E-state index contributed by atoms with van der Waals surface area (Å²) < 4.78 is 0. The molecule has 0 aliphatic carbocycles. The van der Waals surface area contributed by atoms with Gasteiger partial charge in [-0.25, -0.2) is 0 Å². The molecule has 0 bridgehead atoms. The molecule has 0 heterocycles. The van der Waals surface area contributed by atoms with Crippen LogP contribution in [0.25, 0.3) is 0 Å². The van der Waals surface area contributed by atoms with Crippen LogP contribution in [0.4, 0.5) is 0 Å². The monoisotopic (exact) mass is 181 g/mol. The summed E-state index contributed by atoms with van der Waals surface area (Å²) in [7, 11) is 0. The lowest BCUT2D eigenvalue weighted by molar-refractivity contribution is 0.808. The van der Waals surface area contributed by atoms with Gasteiger partial charge in [0.1, 0.15) is 0 Å². The lowest BCUT2D eigenvalue weighted by Crippen LogP contribution is -1.90. The zero-order valence-corrected chi connectivity index (χ0v) is 9.05. The van der Waals surface area contributed by atoms with Crippen molar-refractivity contribution in [2.24, 2.45) is 0 Å². The van der Waals surface area contributed by atoms with Crippen LogP contribution in [0.3, 0.4) is 0 Å². The summed E-state index contributed by atoms with van der Waals surface area (Å²) in [4.78, 5) is 0. The molecule has 0 radical (unpaired) electrons. The molecule has 1 N–H and O–H groups in total. The quantitative estimate of drug-likeness (QED) is 0.558. The zero-order chi connectivity index (χ0) is 9.78. The summed E-state index contributed by atoms with van der Waals surface area (Å²) in [5.41, 5.74) is 0. The summed E-state index contributed by atoms with van der Waals surface area (Å²) in [6.45, 7) is 4.43. The Morgan fingerprint density at radius 2 is 1.31 bits per heavy atom. The second-order valence-corrected chi connectivity index (χ2v) is 3.26. The molecule has 0 aromatic heterocycles. The van der Waals surface area contributed by atoms with Crippen molar-refractivity contribution in [2.45, 2.75) is 52.4 Å². The van der Waals surface area contributed by atoms with Gasteiger partial charge in [0.2, 0.25) is 0 Å². The van der Waals surface area contributed by atoms with E-state index in [0.29, 0.717) is 0 Å². The molecule has 0 unspecified atom stereocenters. The Labute approximate surface area is 82.9 Å². The van der Waals surface area contributed by atoms with E-state index in [1.165, 1.54) is 38.5 Å². The van der Waals surface area contributed by atoms with Crippen LogP contribution in [0.1, 0.15) is 52.4 Å². The van der Waals surface area contributed by atoms with Gasteiger partial charge in [0, 0.05) is 0 Å². The molecule has 0 aliphatic heterocycles. The molecule has 0 aromatic carbocycles. The third-order valence-corrected chi connectivity index (χ3v) is 1.88. The number of allylic oxidation sites excluding steroid dienone is 2. The van der Waals surface area contributed by atoms with Crippen molar-refractivity contribution in [3.8, 4) is 0 Å². The number of hydrogen-bond acceptors (Lipinski definition) is 1. The predicted molar refractivity (Wildman–Crippen MR) is 60.5 cm³/mol. The molecule has 0 aromatic rings. The van der Waals surface area contributed by atoms with E-state index in [1.54, 1.807) is 0 Å². The van der Waals surface area contributed by atoms with Crippen molar-refractivity contribution in [2.75, 3.05) is 0 Å². The number of hydrogen-bond donors (Lipinski definition) is 1. The van der Waals surface area contributed by atoms with Crippen molar-refractivity contribution in [1.82, 2.24) is 5.32 Å². The molecule has 0 fully saturated rings. The van der Waals surface area contributed by atoms with E-state index in [9.17, 15) is 0 Å². The Balaban J connectivity index is 3.13. The lowest BCUT2D eigenvalue weighted by Gasteiger charge is -1.91. The van der Waals surface area contributed by atoms with E-state index < -0.39 is 0 Å². The number of nitrogens with one attached hydrogen (secondary N) is 1. The Bertz CT molecular complexity index is 120. The SMILES string of the molecule is CCCC/C=C/N/C=C/CCCC. The molecule has 0 amide bonds. The van der Waals surface area contributed by atoms with Crippen LogP contribution in [0.2, 0.25) is 0 Å². The Hall–Kier alpha value is -0.720. The second kappa shape index (κ2) is 11.3. The molecular weight excluding hydrogens is 158 g/mol. The van der Waals surface area contributed by atoms with Gasteiger partial charge in [-0.3, -0.25) is 0 Å². The summed E-state index contributed by atoms with van der Waals surface area (Å²) in [6.07, 6.45) is 15.9. The summed E-state index contributed by atoms with van der Waals surface area (Å²) >= 11 is 0. The first-order valence-electron chi connectivity index (χ1n) is 5.47. The molecule has 0 rings (SSSR count). The minimum Gasteiger partial charge on any atom is -0.368 e. The molecule has 13 heavy (non-hydrogen) atoms. The van der Waals surface area contributed by atoms with Gasteiger partial charge in [0.15, 0.2) is 0 Å². The first-order valence-corrected chi connectivity index (χ1v) is 5.47. The summed E-state index contributed by atoms with van der Waals surface area (Å²) in [6, 6.07) is 0. The maximum atomic E-state index is 3.14. The predicted octanol–water partition coefficient (Wildman–Crippen LogP) is 3.98. The Kier molecular flexibility index (Phi) is 10.7. The smallest absolute Gasteiger partial charge is 0.00358 e. The zero-order valence-electron chi connectivity index (χ0n) is 9.05. The molecular formula is C12H23N. The Morgan fingerprint density at radius 3 is 1.69 bits per heavy atom. The van der Waals surface area contributed by atoms with Crippen molar-refractivity contribution in [3.63, 3.8) is 0 Å². The van der Waals surface area contributed by atoms with Crippen LogP contribution in [-0.4, -0.2) is 0 Å². The standard InChI is InChI=1S/C12H23N/c1-3-5-7-9-11-13-12-10-8-6-4-2/h9-13H,3-8H2,1-2H3/b11-9+,12-10+. The van der Waals surface area contributed by atoms with Crippen LogP contribution >= 0.6 is 0 Å². The van der Waals surface area contributed by atoms with Crippen LogP contribution in [-0.2, 0) is 0 Å². The largest absolute Gasteiger partial charge is 0.368 e. The molecule has 0 saturated heterocycles. The summed E-state index contributed by atoms with van der Waals surface area (Å²) in [5, 5.41) is 3.14. The normalized spacial score (nSPS) is 11.5. The van der Waals surface area contributed by atoms with E-state index in [-0.39, 0.29) is 0 Å². The Morgan fingerprint density at radius 1 is 0.846 bits per heavy atom. The average Bonchev–Trinajstić information content (AvgIpc) is 2.16. The van der Waals surface area contributed by atoms with Gasteiger partial charge < -0.3 is 5.32 Å². The first kappa shape index (κ1) is 12.3. The third kappa shape index (κ3) is 11.3. The molecule has 0 aliphatic rings. The van der Waals surface area contributed by atoms with E-state index >= 15 is 0 Å². The summed E-state index contributed by atoms with van der Waals surface area (Å²) in [5.74, 6) is 0. The minimum atomic E-state index is 1.19. The van der Waals surface area contributed by atoms with Gasteiger partial charge >= 0.3 is 0 Å². The molecule has 76 valence electrons. The highest BCUT2D eigenvalue weighted by molar-refractivity contribution is 4.88. The molecule has 0 atom stereocenters. The fourth-order valence-electron chi connectivity index (χ4n) is 1.00. The molecule has 1 nitrogen and oxygen atoms in total. The topological polar surface area (TPSA) is 12.0 Å². The highest BCUT2D eigenvalue weighted by Gasteiger charge is 1.77. The van der Waals surface area contributed by atoms with Gasteiger partial charge in [0.05, 0.1) is 0 Å². The fraction of sp³-hybridized carbons (Fsp3) is 0.667. The molecule has 0 spiro atoms. The van der Waals surface area contributed by atoms with Crippen molar-refractivity contribution in [3.05, 3.63) is 24.6 Å². The van der Waals surface area contributed by atoms with Gasteiger partial charge in [-0.1, -0.05) is 51.7 Å². The van der Waals surface area contributed by atoms with Crippen LogP contribution < -0.4 is 5.32 Å². The molecule has 0 saturated carbocycles. The van der Waals surface area contributed by atoms with Crippen LogP contribution in [0.15, 0.2) is 24.6 Å². The molecule has 1 heteroatoms. The maximum absolute atomic E-state index is 3.14. The average molecular weight is 181 g/mol. The van der Waals surface area contributed by atoms with Gasteiger partial charge in [-0.05, 0) is 25.2 Å². The highest BCUT2D eigenvalue weighted by Crippen LogP contribution is 1.95. The van der Waals surface area contributed by atoms with E-state index in [4.69, 9.17) is 0 Å². The van der Waals surface area contributed by atoms with Gasteiger partial charge in [-0.15, -0.1) is 0 Å². The van der Waals surface area contributed by atoms with Crippen molar-refractivity contribution >= 4 is 0 Å². The van der Waals surface area contributed by atoms with E-state index in [1.807, 2.05) is 12.4 Å².